The average Bonchev–Trinajstić information content (AvgIpc) is 2.99. The summed E-state index contributed by atoms with van der Waals surface area (Å²) in [7, 11) is 0. The molecule has 1 atom stereocenters. The van der Waals surface area contributed by atoms with Gasteiger partial charge in [0, 0.05) is 11.8 Å². The van der Waals surface area contributed by atoms with Gasteiger partial charge >= 0.3 is 0 Å². The summed E-state index contributed by atoms with van der Waals surface area (Å²) in [5.74, 6) is 1.45. The predicted octanol–water partition coefficient (Wildman–Crippen LogP) is 5.59. The highest BCUT2D eigenvalue weighted by Gasteiger charge is 2.28. The molecule has 0 saturated heterocycles. The summed E-state index contributed by atoms with van der Waals surface area (Å²) in [6.45, 7) is 4.58. The minimum Gasteiger partial charge on any atom is -0.0764 e. The van der Waals surface area contributed by atoms with Gasteiger partial charge in [0.1, 0.15) is 0 Å². The summed E-state index contributed by atoms with van der Waals surface area (Å²) < 4.78 is 0. The van der Waals surface area contributed by atoms with Gasteiger partial charge in [-0.3, -0.25) is 0 Å². The van der Waals surface area contributed by atoms with Gasteiger partial charge in [-0.15, -0.1) is 0 Å². The van der Waals surface area contributed by atoms with E-state index in [1.807, 2.05) is 0 Å². The largest absolute Gasteiger partial charge is 0.0764 e. The maximum atomic E-state index is 2.36. The van der Waals surface area contributed by atoms with Crippen molar-refractivity contribution in [3.63, 3.8) is 0 Å². The predicted molar refractivity (Wildman–Crippen MR) is 90.3 cm³/mol. The molecule has 1 aliphatic rings. The Balaban J connectivity index is 2.06. The molecule has 0 bridgehead atoms. The fourth-order valence-corrected chi connectivity index (χ4v) is 3.32. The fraction of sp³-hybridized carbons (Fsp3) is 0.238. The van der Waals surface area contributed by atoms with Crippen LogP contribution in [0.3, 0.4) is 0 Å². The van der Waals surface area contributed by atoms with Crippen LogP contribution in [0.5, 0.6) is 0 Å². The van der Waals surface area contributed by atoms with Crippen LogP contribution in [0.2, 0.25) is 0 Å². The topological polar surface area (TPSA) is 0 Å². The zero-order chi connectivity index (χ0) is 14.7. The third-order valence-electron chi connectivity index (χ3n) is 4.34. The van der Waals surface area contributed by atoms with Crippen molar-refractivity contribution in [1.82, 2.24) is 0 Å². The van der Waals surface area contributed by atoms with Gasteiger partial charge in [-0.2, -0.15) is 0 Å². The first-order chi connectivity index (χ1) is 10.3. The van der Waals surface area contributed by atoms with Crippen LogP contribution in [-0.2, 0) is 0 Å². The van der Waals surface area contributed by atoms with Crippen molar-refractivity contribution in [2.45, 2.75) is 19.8 Å². The number of hydrogen-bond donors (Lipinski definition) is 0. The molecule has 106 valence electrons. The minimum absolute atomic E-state index is 0.403. The van der Waals surface area contributed by atoms with Gasteiger partial charge in [-0.1, -0.05) is 98.3 Å². The van der Waals surface area contributed by atoms with Crippen molar-refractivity contribution in [2.75, 3.05) is 0 Å². The van der Waals surface area contributed by atoms with Gasteiger partial charge in [-0.05, 0) is 17.0 Å². The Labute approximate surface area is 127 Å². The van der Waals surface area contributed by atoms with Gasteiger partial charge in [0.15, 0.2) is 0 Å². The van der Waals surface area contributed by atoms with Crippen LogP contribution >= 0.6 is 0 Å². The first-order valence-corrected chi connectivity index (χ1v) is 7.75. The molecule has 2 aromatic rings. The van der Waals surface area contributed by atoms with Gasteiger partial charge in [0.25, 0.3) is 0 Å². The van der Waals surface area contributed by atoms with E-state index in [9.17, 15) is 0 Å². The summed E-state index contributed by atoms with van der Waals surface area (Å²) >= 11 is 0. The molecule has 0 N–H and O–H groups in total. The van der Waals surface area contributed by atoms with Gasteiger partial charge in [-0.25, -0.2) is 0 Å². The molecule has 0 saturated carbocycles. The summed E-state index contributed by atoms with van der Waals surface area (Å²) in [5, 5.41) is 0. The Kier molecular flexibility index (Phi) is 4.06. The third kappa shape index (κ3) is 2.85. The summed E-state index contributed by atoms with van der Waals surface area (Å²) in [6.07, 6.45) is 6.88. The fourth-order valence-electron chi connectivity index (χ4n) is 3.32. The lowest BCUT2D eigenvalue weighted by molar-refractivity contribution is 0.581. The zero-order valence-electron chi connectivity index (χ0n) is 12.7. The molecule has 0 aliphatic heterocycles. The van der Waals surface area contributed by atoms with E-state index in [1.54, 1.807) is 0 Å². The monoisotopic (exact) mass is 274 g/mol. The molecule has 0 amide bonds. The lowest BCUT2D eigenvalue weighted by Gasteiger charge is -2.28. The molecule has 0 fully saturated rings. The molecule has 21 heavy (non-hydrogen) atoms. The molecule has 0 spiro atoms. The Morgan fingerprint density at radius 1 is 0.762 bits per heavy atom. The molecule has 1 aliphatic carbocycles. The highest BCUT2D eigenvalue weighted by Crippen LogP contribution is 2.41. The normalized spacial score (nSPS) is 17.5. The zero-order valence-corrected chi connectivity index (χ0v) is 12.7. The highest BCUT2D eigenvalue weighted by atomic mass is 14.3. The third-order valence-corrected chi connectivity index (χ3v) is 4.34. The highest BCUT2D eigenvalue weighted by molar-refractivity contribution is 5.41. The number of rotatable bonds is 4. The van der Waals surface area contributed by atoms with Crippen LogP contribution < -0.4 is 0 Å². The molecule has 1 unspecified atom stereocenters. The molecule has 0 heteroatoms. The Morgan fingerprint density at radius 3 is 1.76 bits per heavy atom. The molecular weight excluding hydrogens is 252 g/mol. The van der Waals surface area contributed by atoms with E-state index in [-0.39, 0.29) is 0 Å². The standard InChI is InChI=1S/C21H22/c1-16(2)19-14-9-15-20(19)21(17-10-5-3-6-11-17)18-12-7-4-8-13-18/h3-16,20-21H,1-2H3. The Morgan fingerprint density at radius 2 is 1.29 bits per heavy atom. The van der Waals surface area contributed by atoms with E-state index < -0.39 is 0 Å². The summed E-state index contributed by atoms with van der Waals surface area (Å²) in [6, 6.07) is 21.8. The molecular formula is C21H22. The quantitative estimate of drug-likeness (QED) is 0.682. The Bertz CT molecular complexity index is 593. The van der Waals surface area contributed by atoms with E-state index in [0.717, 1.165) is 0 Å². The average molecular weight is 274 g/mol. The lowest BCUT2D eigenvalue weighted by atomic mass is 9.76. The van der Waals surface area contributed by atoms with Crippen molar-refractivity contribution in [2.24, 2.45) is 11.8 Å². The summed E-state index contributed by atoms with van der Waals surface area (Å²) in [5.41, 5.74) is 4.33. The number of allylic oxidation sites excluding steroid dienone is 4. The summed E-state index contributed by atoms with van der Waals surface area (Å²) in [4.78, 5) is 0. The minimum atomic E-state index is 0.403. The number of benzene rings is 2. The van der Waals surface area contributed by atoms with E-state index >= 15 is 0 Å². The van der Waals surface area contributed by atoms with Crippen LogP contribution in [0.15, 0.2) is 84.5 Å². The van der Waals surface area contributed by atoms with E-state index in [0.29, 0.717) is 17.8 Å². The number of hydrogen-bond acceptors (Lipinski definition) is 0. The van der Waals surface area contributed by atoms with Crippen LogP contribution in [0.25, 0.3) is 0 Å². The van der Waals surface area contributed by atoms with Crippen LogP contribution in [0.4, 0.5) is 0 Å². The maximum Gasteiger partial charge on any atom is 0.0190 e. The Hall–Kier alpha value is -2.08. The van der Waals surface area contributed by atoms with Gasteiger partial charge in [0.2, 0.25) is 0 Å². The SMILES string of the molecule is CC(C)C1=CC=CC1C(c1ccccc1)c1ccccc1. The molecule has 3 rings (SSSR count). The van der Waals surface area contributed by atoms with E-state index in [1.165, 1.54) is 16.7 Å². The van der Waals surface area contributed by atoms with Crippen molar-refractivity contribution in [1.29, 1.82) is 0 Å². The van der Waals surface area contributed by atoms with Crippen LogP contribution in [-0.4, -0.2) is 0 Å². The maximum absolute atomic E-state index is 2.36. The van der Waals surface area contributed by atoms with Crippen molar-refractivity contribution in [3.05, 3.63) is 95.6 Å². The van der Waals surface area contributed by atoms with E-state index in [2.05, 4.69) is 92.7 Å². The second kappa shape index (κ2) is 6.13. The first-order valence-electron chi connectivity index (χ1n) is 7.75. The molecule has 0 heterocycles. The second-order valence-electron chi connectivity index (χ2n) is 6.03. The van der Waals surface area contributed by atoms with Gasteiger partial charge < -0.3 is 0 Å². The van der Waals surface area contributed by atoms with Crippen LogP contribution in [0, 0.1) is 11.8 Å². The first kappa shape index (κ1) is 13.9. The van der Waals surface area contributed by atoms with Gasteiger partial charge in [0.05, 0.1) is 0 Å². The molecule has 2 aromatic carbocycles. The van der Waals surface area contributed by atoms with E-state index in [4.69, 9.17) is 0 Å². The molecule has 0 aromatic heterocycles. The second-order valence-corrected chi connectivity index (χ2v) is 6.03. The van der Waals surface area contributed by atoms with Crippen molar-refractivity contribution in [3.8, 4) is 0 Å². The van der Waals surface area contributed by atoms with Crippen molar-refractivity contribution < 1.29 is 0 Å². The van der Waals surface area contributed by atoms with Crippen molar-refractivity contribution >= 4 is 0 Å². The molecule has 0 nitrogen and oxygen atoms in total. The molecule has 0 radical (unpaired) electrons. The lowest BCUT2D eigenvalue weighted by Crippen LogP contribution is -2.16. The van der Waals surface area contributed by atoms with Crippen LogP contribution in [0.1, 0.15) is 30.9 Å². The smallest absolute Gasteiger partial charge is 0.0190 e.